The average Bonchev–Trinajstić information content (AvgIpc) is 3.43. The van der Waals surface area contributed by atoms with Crippen molar-refractivity contribution in [1.82, 2.24) is 19.7 Å². The van der Waals surface area contributed by atoms with E-state index in [9.17, 15) is 4.79 Å². The minimum absolute atomic E-state index is 0.103. The molecule has 0 saturated heterocycles. The van der Waals surface area contributed by atoms with Gasteiger partial charge in [-0.1, -0.05) is 48.2 Å². The molecule has 0 spiro atoms. The van der Waals surface area contributed by atoms with Crippen molar-refractivity contribution in [3.05, 3.63) is 60.3 Å². The van der Waals surface area contributed by atoms with Crippen molar-refractivity contribution >= 4 is 34.3 Å². The van der Waals surface area contributed by atoms with E-state index in [1.165, 1.54) is 17.3 Å². The average molecular weight is 389 g/mol. The molecule has 0 aliphatic carbocycles. The summed E-state index contributed by atoms with van der Waals surface area (Å²) in [7, 11) is 1.94. The Morgan fingerprint density at radius 1 is 1.14 bits per heavy atom. The van der Waals surface area contributed by atoms with E-state index in [0.29, 0.717) is 5.75 Å². The van der Waals surface area contributed by atoms with Gasteiger partial charge >= 0.3 is 0 Å². The molecule has 0 bridgehead atoms. The number of nitrogens with one attached hydrogen (secondary N) is 1. The van der Waals surface area contributed by atoms with Gasteiger partial charge in [0.1, 0.15) is 0 Å². The maximum atomic E-state index is 12.7. The van der Waals surface area contributed by atoms with Crippen LogP contribution in [0.3, 0.4) is 0 Å². The standard InChI is InChI=1S/C21H19N5OS/c1-25-20(16-12-22-17-8-4-3-7-15(16)17)23-24-21(25)28-13-19(27)26-11-10-14-6-2-5-9-18(14)26/h2-9,12,22H,10-11,13H2,1H3. The predicted molar refractivity (Wildman–Crippen MR) is 112 cm³/mol. The largest absolute Gasteiger partial charge is 0.360 e. The number of aromatic nitrogens is 4. The van der Waals surface area contributed by atoms with Crippen molar-refractivity contribution in [1.29, 1.82) is 0 Å². The SMILES string of the molecule is Cn1c(SCC(=O)N2CCc3ccccc32)nnc1-c1c[nH]c2ccccc12. The smallest absolute Gasteiger partial charge is 0.237 e. The third kappa shape index (κ3) is 2.79. The summed E-state index contributed by atoms with van der Waals surface area (Å²) < 4.78 is 1.95. The topological polar surface area (TPSA) is 66.8 Å². The molecule has 1 N–H and O–H groups in total. The second kappa shape index (κ2) is 6.83. The number of benzene rings is 2. The number of fused-ring (bicyclic) bond motifs is 2. The van der Waals surface area contributed by atoms with Crippen LogP contribution < -0.4 is 4.90 Å². The van der Waals surface area contributed by atoms with E-state index in [1.54, 1.807) is 0 Å². The van der Waals surface area contributed by atoms with Crippen molar-refractivity contribution in [3.63, 3.8) is 0 Å². The number of carbonyl (C=O) groups is 1. The third-order valence-corrected chi connectivity index (χ3v) is 6.18. The van der Waals surface area contributed by atoms with Gasteiger partial charge in [-0.25, -0.2) is 0 Å². The Kier molecular flexibility index (Phi) is 4.16. The summed E-state index contributed by atoms with van der Waals surface area (Å²) >= 11 is 1.43. The third-order valence-electron chi connectivity index (χ3n) is 5.18. The molecular weight excluding hydrogens is 370 g/mol. The first-order valence-corrected chi connectivity index (χ1v) is 10.2. The fraction of sp³-hybridized carbons (Fsp3) is 0.190. The number of H-pyrrole nitrogens is 1. The molecular formula is C21H19N5OS. The molecule has 0 saturated carbocycles. The van der Waals surface area contributed by atoms with E-state index in [0.717, 1.165) is 46.1 Å². The molecule has 6 nitrogen and oxygen atoms in total. The highest BCUT2D eigenvalue weighted by Crippen LogP contribution is 2.31. The predicted octanol–water partition coefficient (Wildman–Crippen LogP) is 3.64. The van der Waals surface area contributed by atoms with E-state index in [1.807, 2.05) is 59.1 Å². The number of hydrogen-bond acceptors (Lipinski definition) is 4. The summed E-state index contributed by atoms with van der Waals surface area (Å²) in [5, 5.41) is 10.5. The second-order valence-electron chi connectivity index (χ2n) is 6.83. The van der Waals surface area contributed by atoms with Crippen LogP contribution >= 0.6 is 11.8 Å². The molecule has 0 radical (unpaired) electrons. The molecule has 7 heteroatoms. The number of para-hydroxylation sites is 2. The van der Waals surface area contributed by atoms with Gasteiger partial charge in [-0.15, -0.1) is 10.2 Å². The van der Waals surface area contributed by atoms with Gasteiger partial charge in [0.25, 0.3) is 0 Å². The normalized spacial score (nSPS) is 13.2. The lowest BCUT2D eigenvalue weighted by molar-refractivity contribution is -0.116. The fourth-order valence-corrected chi connectivity index (χ4v) is 4.52. The molecule has 2 aromatic carbocycles. The Bertz CT molecular complexity index is 1180. The number of hydrogen-bond donors (Lipinski definition) is 1. The summed E-state index contributed by atoms with van der Waals surface area (Å²) in [6.07, 6.45) is 2.87. The van der Waals surface area contributed by atoms with Gasteiger partial charge in [-0.05, 0) is 24.1 Å². The van der Waals surface area contributed by atoms with E-state index >= 15 is 0 Å². The molecule has 5 rings (SSSR count). The monoisotopic (exact) mass is 389 g/mol. The van der Waals surface area contributed by atoms with Gasteiger partial charge in [0.05, 0.1) is 5.75 Å². The second-order valence-corrected chi connectivity index (χ2v) is 7.77. The molecule has 0 unspecified atom stereocenters. The van der Waals surface area contributed by atoms with Gasteiger partial charge in [0.15, 0.2) is 11.0 Å². The van der Waals surface area contributed by atoms with Gasteiger partial charge in [-0.3, -0.25) is 4.79 Å². The molecule has 28 heavy (non-hydrogen) atoms. The molecule has 2 aromatic heterocycles. The van der Waals surface area contributed by atoms with Crippen molar-refractivity contribution in [2.24, 2.45) is 7.05 Å². The van der Waals surface area contributed by atoms with Crippen LogP contribution in [0, 0.1) is 0 Å². The van der Waals surface area contributed by atoms with Gasteiger partial charge < -0.3 is 14.5 Å². The first-order valence-electron chi connectivity index (χ1n) is 9.19. The summed E-state index contributed by atoms with van der Waals surface area (Å²) in [6.45, 7) is 0.748. The summed E-state index contributed by atoms with van der Waals surface area (Å²) in [6, 6.07) is 16.2. The van der Waals surface area contributed by atoms with Crippen molar-refractivity contribution < 1.29 is 4.79 Å². The van der Waals surface area contributed by atoms with E-state index < -0.39 is 0 Å². The first-order chi connectivity index (χ1) is 13.7. The molecule has 140 valence electrons. The zero-order chi connectivity index (χ0) is 19.1. The zero-order valence-corrected chi connectivity index (χ0v) is 16.2. The highest BCUT2D eigenvalue weighted by Gasteiger charge is 2.24. The first kappa shape index (κ1) is 17.1. The Labute approximate surface area is 166 Å². The van der Waals surface area contributed by atoms with Crippen LogP contribution in [0.4, 0.5) is 5.69 Å². The van der Waals surface area contributed by atoms with E-state index in [2.05, 4.69) is 27.3 Å². The number of carbonyl (C=O) groups excluding carboxylic acids is 1. The van der Waals surface area contributed by atoms with E-state index in [4.69, 9.17) is 0 Å². The van der Waals surface area contributed by atoms with Crippen LogP contribution in [-0.2, 0) is 18.3 Å². The van der Waals surface area contributed by atoms with E-state index in [-0.39, 0.29) is 5.91 Å². The Balaban J connectivity index is 1.34. The van der Waals surface area contributed by atoms with Crippen LogP contribution in [-0.4, -0.2) is 38.0 Å². The Hall–Kier alpha value is -3.06. The lowest BCUT2D eigenvalue weighted by atomic mass is 10.1. The van der Waals surface area contributed by atoms with Crippen molar-refractivity contribution in [3.8, 4) is 11.4 Å². The Morgan fingerprint density at radius 2 is 1.96 bits per heavy atom. The molecule has 1 amide bonds. The number of amides is 1. The zero-order valence-electron chi connectivity index (χ0n) is 15.4. The fourth-order valence-electron chi connectivity index (χ4n) is 3.73. The maximum absolute atomic E-state index is 12.7. The van der Waals surface area contributed by atoms with Crippen molar-refractivity contribution in [2.45, 2.75) is 11.6 Å². The van der Waals surface area contributed by atoms with Crippen LogP contribution in [0.25, 0.3) is 22.3 Å². The summed E-state index contributed by atoms with van der Waals surface area (Å²) in [4.78, 5) is 17.9. The van der Waals surface area contributed by atoms with Gasteiger partial charge in [0, 0.05) is 41.9 Å². The quantitative estimate of drug-likeness (QED) is 0.541. The highest BCUT2D eigenvalue weighted by atomic mass is 32.2. The molecule has 3 heterocycles. The number of nitrogens with zero attached hydrogens (tertiary/aromatic N) is 4. The lowest BCUT2D eigenvalue weighted by Crippen LogP contribution is -2.30. The molecule has 1 aliphatic rings. The van der Waals surface area contributed by atoms with Crippen LogP contribution in [0.2, 0.25) is 0 Å². The number of aromatic amines is 1. The van der Waals surface area contributed by atoms with Crippen molar-refractivity contribution in [2.75, 3.05) is 17.2 Å². The minimum atomic E-state index is 0.103. The summed E-state index contributed by atoms with van der Waals surface area (Å²) in [5.74, 6) is 1.24. The van der Waals surface area contributed by atoms with Gasteiger partial charge in [0.2, 0.25) is 5.91 Å². The molecule has 0 fully saturated rings. The lowest BCUT2D eigenvalue weighted by Gasteiger charge is -2.16. The van der Waals surface area contributed by atoms with Crippen LogP contribution in [0.5, 0.6) is 0 Å². The van der Waals surface area contributed by atoms with Crippen LogP contribution in [0.15, 0.2) is 59.9 Å². The number of rotatable bonds is 4. The Morgan fingerprint density at radius 3 is 2.89 bits per heavy atom. The maximum Gasteiger partial charge on any atom is 0.237 e. The van der Waals surface area contributed by atoms with Gasteiger partial charge in [-0.2, -0.15) is 0 Å². The molecule has 0 atom stereocenters. The van der Waals surface area contributed by atoms with Crippen LogP contribution in [0.1, 0.15) is 5.56 Å². The minimum Gasteiger partial charge on any atom is -0.360 e. The highest BCUT2D eigenvalue weighted by molar-refractivity contribution is 7.99. The summed E-state index contributed by atoms with van der Waals surface area (Å²) in [5.41, 5.74) is 4.35. The molecule has 1 aliphatic heterocycles. The number of anilines is 1. The molecule has 4 aromatic rings. The number of thioether (sulfide) groups is 1.